The van der Waals surface area contributed by atoms with Crippen LogP contribution in [0.2, 0.25) is 0 Å². The molecule has 0 aliphatic carbocycles. The molecule has 1 saturated heterocycles. The largest absolute Gasteiger partial charge is 0.480 e. The third-order valence-electron chi connectivity index (χ3n) is 3.34. The second-order valence-corrected chi connectivity index (χ2v) is 4.88. The van der Waals surface area contributed by atoms with E-state index in [2.05, 4.69) is 0 Å². The zero-order valence-corrected chi connectivity index (χ0v) is 11.1. The number of carbonyl (C=O) groups is 2. The number of amides is 1. The van der Waals surface area contributed by atoms with Crippen molar-refractivity contribution in [3.8, 4) is 0 Å². The molecule has 0 spiro atoms. The van der Waals surface area contributed by atoms with Crippen LogP contribution in [0.4, 0.5) is 4.79 Å². The van der Waals surface area contributed by atoms with Crippen LogP contribution in [-0.4, -0.2) is 40.7 Å². The maximum Gasteiger partial charge on any atom is 0.410 e. The number of carboxylic acids is 1. The molecular formula is C14H18N2O4. The summed E-state index contributed by atoms with van der Waals surface area (Å²) in [6.45, 7) is 0.336. The zero-order chi connectivity index (χ0) is 14.5. The van der Waals surface area contributed by atoms with Crippen molar-refractivity contribution in [2.75, 3.05) is 6.54 Å². The van der Waals surface area contributed by atoms with Gasteiger partial charge in [0.05, 0.1) is 0 Å². The van der Waals surface area contributed by atoms with Crippen LogP contribution in [0, 0.1) is 0 Å². The van der Waals surface area contributed by atoms with Gasteiger partial charge in [0.1, 0.15) is 12.6 Å². The minimum absolute atomic E-state index is 0.123. The smallest absolute Gasteiger partial charge is 0.410 e. The number of carboxylic acid groups (broad SMARTS) is 1. The summed E-state index contributed by atoms with van der Waals surface area (Å²) in [4.78, 5) is 24.4. The van der Waals surface area contributed by atoms with Crippen LogP contribution in [0.25, 0.3) is 0 Å². The maximum absolute atomic E-state index is 12.0. The summed E-state index contributed by atoms with van der Waals surface area (Å²) >= 11 is 0. The first kappa shape index (κ1) is 14.3. The third-order valence-corrected chi connectivity index (χ3v) is 3.34. The minimum Gasteiger partial charge on any atom is -0.480 e. The molecule has 6 nitrogen and oxygen atoms in total. The Kier molecular flexibility index (Phi) is 4.57. The van der Waals surface area contributed by atoms with Gasteiger partial charge in [-0.05, 0) is 18.4 Å². The number of rotatable bonds is 3. The molecule has 2 rings (SSSR count). The van der Waals surface area contributed by atoms with Gasteiger partial charge in [-0.3, -0.25) is 4.90 Å². The molecule has 1 aromatic rings. The lowest BCUT2D eigenvalue weighted by Crippen LogP contribution is -2.54. The summed E-state index contributed by atoms with van der Waals surface area (Å²) < 4.78 is 5.16. The van der Waals surface area contributed by atoms with E-state index in [4.69, 9.17) is 15.6 Å². The molecule has 1 amide bonds. The van der Waals surface area contributed by atoms with E-state index < -0.39 is 18.1 Å². The molecule has 1 aliphatic heterocycles. The number of hydrogen-bond acceptors (Lipinski definition) is 4. The average molecular weight is 278 g/mol. The van der Waals surface area contributed by atoms with E-state index >= 15 is 0 Å². The maximum atomic E-state index is 12.0. The fourth-order valence-corrected chi connectivity index (χ4v) is 2.26. The Morgan fingerprint density at radius 2 is 2.00 bits per heavy atom. The van der Waals surface area contributed by atoms with Gasteiger partial charge in [-0.25, -0.2) is 9.59 Å². The monoisotopic (exact) mass is 278 g/mol. The van der Waals surface area contributed by atoms with Crippen LogP contribution in [-0.2, 0) is 16.1 Å². The molecule has 2 unspecified atom stereocenters. The van der Waals surface area contributed by atoms with Crippen molar-refractivity contribution in [2.24, 2.45) is 5.73 Å². The van der Waals surface area contributed by atoms with Crippen LogP contribution in [0.3, 0.4) is 0 Å². The number of hydrogen-bond donors (Lipinski definition) is 2. The van der Waals surface area contributed by atoms with E-state index in [0.717, 1.165) is 5.56 Å². The molecular weight excluding hydrogens is 260 g/mol. The molecule has 0 bridgehead atoms. The van der Waals surface area contributed by atoms with Crippen molar-refractivity contribution in [1.29, 1.82) is 0 Å². The molecule has 1 aliphatic rings. The molecule has 0 radical (unpaired) electrons. The van der Waals surface area contributed by atoms with E-state index in [-0.39, 0.29) is 19.2 Å². The normalized spacial score (nSPS) is 22.4. The molecule has 1 fully saturated rings. The Labute approximate surface area is 117 Å². The predicted molar refractivity (Wildman–Crippen MR) is 72.0 cm³/mol. The summed E-state index contributed by atoms with van der Waals surface area (Å²) in [6.07, 6.45) is 0.326. The lowest BCUT2D eigenvalue weighted by molar-refractivity contribution is -0.144. The van der Waals surface area contributed by atoms with Crippen molar-refractivity contribution in [2.45, 2.75) is 31.5 Å². The first-order valence-corrected chi connectivity index (χ1v) is 6.53. The summed E-state index contributed by atoms with van der Waals surface area (Å²) in [6, 6.07) is 8.19. The highest BCUT2D eigenvalue weighted by Crippen LogP contribution is 2.18. The van der Waals surface area contributed by atoms with Gasteiger partial charge in [-0.2, -0.15) is 0 Å². The molecule has 2 atom stereocenters. The minimum atomic E-state index is -1.02. The summed E-state index contributed by atoms with van der Waals surface area (Å²) in [5, 5.41) is 9.14. The number of carbonyl (C=O) groups excluding carboxylic acids is 1. The van der Waals surface area contributed by atoms with E-state index in [1.165, 1.54) is 4.90 Å². The molecule has 3 N–H and O–H groups in total. The van der Waals surface area contributed by atoms with E-state index in [1.807, 2.05) is 30.3 Å². The summed E-state index contributed by atoms with van der Waals surface area (Å²) in [5.74, 6) is -1.02. The lowest BCUT2D eigenvalue weighted by Gasteiger charge is -2.35. The van der Waals surface area contributed by atoms with E-state index in [1.54, 1.807) is 0 Å². The Morgan fingerprint density at radius 3 is 2.65 bits per heavy atom. The second-order valence-electron chi connectivity index (χ2n) is 4.88. The van der Waals surface area contributed by atoms with E-state index in [9.17, 15) is 9.59 Å². The van der Waals surface area contributed by atoms with Crippen LogP contribution in [0.1, 0.15) is 18.4 Å². The Morgan fingerprint density at radius 1 is 1.30 bits per heavy atom. The molecule has 1 heterocycles. The highest BCUT2D eigenvalue weighted by molar-refractivity contribution is 5.80. The quantitative estimate of drug-likeness (QED) is 0.866. The number of piperidine rings is 1. The number of ether oxygens (including phenoxy) is 1. The van der Waals surface area contributed by atoms with Gasteiger partial charge in [0.2, 0.25) is 0 Å². The Hall–Kier alpha value is -2.08. The number of nitrogens with two attached hydrogens (primary N) is 1. The molecule has 0 aromatic heterocycles. The Balaban J connectivity index is 1.97. The summed E-state index contributed by atoms with van der Waals surface area (Å²) in [7, 11) is 0. The first-order chi connectivity index (χ1) is 9.58. The standard InChI is InChI=1S/C14H18N2O4/c15-11-6-7-12(13(17)18)16(8-11)14(19)20-9-10-4-2-1-3-5-10/h1-5,11-12H,6-9,15H2,(H,17,18). The van der Waals surface area contributed by atoms with Gasteiger partial charge >= 0.3 is 12.1 Å². The molecule has 108 valence electrons. The topological polar surface area (TPSA) is 92.9 Å². The Bertz CT molecular complexity index is 477. The van der Waals surface area contributed by atoms with Crippen molar-refractivity contribution >= 4 is 12.1 Å². The highest BCUT2D eigenvalue weighted by Gasteiger charge is 2.35. The number of likely N-dealkylation sites (tertiary alicyclic amines) is 1. The number of nitrogens with zero attached hydrogens (tertiary/aromatic N) is 1. The van der Waals surface area contributed by atoms with Gasteiger partial charge in [0.15, 0.2) is 0 Å². The van der Waals surface area contributed by atoms with Crippen LogP contribution in [0.15, 0.2) is 30.3 Å². The fraction of sp³-hybridized carbons (Fsp3) is 0.429. The van der Waals surface area contributed by atoms with Crippen LogP contribution in [0.5, 0.6) is 0 Å². The first-order valence-electron chi connectivity index (χ1n) is 6.53. The van der Waals surface area contributed by atoms with Gasteiger partial charge in [-0.1, -0.05) is 30.3 Å². The highest BCUT2D eigenvalue weighted by atomic mass is 16.6. The van der Waals surface area contributed by atoms with Crippen LogP contribution >= 0.6 is 0 Å². The number of benzene rings is 1. The molecule has 0 saturated carbocycles. The van der Waals surface area contributed by atoms with Crippen molar-refractivity contribution < 1.29 is 19.4 Å². The van der Waals surface area contributed by atoms with E-state index in [0.29, 0.717) is 12.8 Å². The third kappa shape index (κ3) is 3.48. The van der Waals surface area contributed by atoms with Crippen molar-refractivity contribution in [3.63, 3.8) is 0 Å². The number of aliphatic carboxylic acids is 1. The van der Waals surface area contributed by atoms with Crippen molar-refractivity contribution in [3.05, 3.63) is 35.9 Å². The van der Waals surface area contributed by atoms with Gasteiger partial charge in [0.25, 0.3) is 0 Å². The SMILES string of the molecule is NC1CCC(C(=O)O)N(C(=O)OCc2ccccc2)C1. The predicted octanol–water partition coefficient (Wildman–Crippen LogP) is 1.20. The molecule has 20 heavy (non-hydrogen) atoms. The van der Waals surface area contributed by atoms with Gasteiger partial charge in [-0.15, -0.1) is 0 Å². The molecule has 6 heteroatoms. The van der Waals surface area contributed by atoms with Gasteiger partial charge < -0.3 is 15.6 Å². The van der Waals surface area contributed by atoms with Crippen LogP contribution < -0.4 is 5.73 Å². The molecule has 1 aromatic carbocycles. The average Bonchev–Trinajstić information content (AvgIpc) is 2.45. The second kappa shape index (κ2) is 6.38. The van der Waals surface area contributed by atoms with Gasteiger partial charge in [0, 0.05) is 12.6 Å². The summed E-state index contributed by atoms with van der Waals surface area (Å²) in [5.41, 5.74) is 6.65. The fourth-order valence-electron chi connectivity index (χ4n) is 2.26. The lowest BCUT2D eigenvalue weighted by atomic mass is 9.99. The zero-order valence-electron chi connectivity index (χ0n) is 11.1. The van der Waals surface area contributed by atoms with Crippen molar-refractivity contribution in [1.82, 2.24) is 4.90 Å².